The van der Waals surface area contributed by atoms with E-state index in [1.807, 2.05) is 0 Å². The van der Waals surface area contributed by atoms with E-state index in [-0.39, 0.29) is 6.61 Å². The molecule has 0 heterocycles. The minimum Gasteiger partial charge on any atom is -0.480 e. The van der Waals surface area contributed by atoms with Crippen LogP contribution in [-0.4, -0.2) is 58.4 Å². The summed E-state index contributed by atoms with van der Waals surface area (Å²) in [6.07, 6.45) is 0. The van der Waals surface area contributed by atoms with Crippen LogP contribution in [0.25, 0.3) is 0 Å². The average molecular weight is 208 g/mol. The first kappa shape index (κ1) is 13.3. The van der Waals surface area contributed by atoms with Crippen LogP contribution in [0.4, 0.5) is 0 Å². The Bertz CT molecular complexity index is 177. The normalized spacial score (nSPS) is 14.0. The van der Waals surface area contributed by atoms with Crippen LogP contribution in [-0.2, 0) is 9.53 Å². The summed E-state index contributed by atoms with van der Waals surface area (Å²) < 4.78 is 4.88. The minimum absolute atomic E-state index is 0.305. The number of carbonyl (C=O) groups is 1. The molecule has 0 aromatic heterocycles. The van der Waals surface area contributed by atoms with Gasteiger partial charge in [-0.15, -0.1) is 0 Å². The van der Waals surface area contributed by atoms with Gasteiger partial charge >= 0.3 is 5.97 Å². The molecule has 6 nitrogen and oxygen atoms in total. The van der Waals surface area contributed by atoms with Gasteiger partial charge in [-0.25, -0.2) is 4.79 Å². The lowest BCUT2D eigenvalue weighted by Crippen LogP contribution is -2.49. The fourth-order valence-electron chi connectivity index (χ4n) is 0.967. The highest BCUT2D eigenvalue weighted by Gasteiger charge is 2.36. The van der Waals surface area contributed by atoms with Crippen molar-refractivity contribution < 1.29 is 30.0 Å². The van der Waals surface area contributed by atoms with Gasteiger partial charge < -0.3 is 25.2 Å². The third-order valence-corrected chi connectivity index (χ3v) is 2.19. The monoisotopic (exact) mass is 208 g/mol. The molecule has 0 aromatic carbocycles. The van der Waals surface area contributed by atoms with Crippen LogP contribution in [0.3, 0.4) is 0 Å². The standard InChI is InChI=1S/C8H16O6/c1-6(2-9)8(4-10,5-11)14-3-7(12)13/h6,9-11H,2-5H2,1H3,(H,12,13). The van der Waals surface area contributed by atoms with Crippen molar-refractivity contribution in [1.82, 2.24) is 0 Å². The van der Waals surface area contributed by atoms with Gasteiger partial charge in [0, 0.05) is 12.5 Å². The molecule has 0 saturated heterocycles. The van der Waals surface area contributed by atoms with E-state index in [9.17, 15) is 4.79 Å². The summed E-state index contributed by atoms with van der Waals surface area (Å²) in [7, 11) is 0. The highest BCUT2D eigenvalue weighted by atomic mass is 16.5. The van der Waals surface area contributed by atoms with Crippen molar-refractivity contribution in [3.05, 3.63) is 0 Å². The largest absolute Gasteiger partial charge is 0.480 e. The van der Waals surface area contributed by atoms with Crippen molar-refractivity contribution in [2.24, 2.45) is 5.92 Å². The Hall–Kier alpha value is -0.690. The summed E-state index contributed by atoms with van der Waals surface area (Å²) in [4.78, 5) is 10.2. The molecule has 0 aliphatic heterocycles. The number of aliphatic carboxylic acids is 1. The van der Waals surface area contributed by atoms with Crippen LogP contribution in [0.5, 0.6) is 0 Å². The van der Waals surface area contributed by atoms with Gasteiger partial charge in [-0.1, -0.05) is 6.92 Å². The summed E-state index contributed by atoms with van der Waals surface area (Å²) >= 11 is 0. The topological polar surface area (TPSA) is 107 Å². The lowest BCUT2D eigenvalue weighted by molar-refractivity contribution is -0.170. The molecule has 0 saturated carbocycles. The Labute approximate surface area is 81.7 Å². The Morgan fingerprint density at radius 3 is 2.14 bits per heavy atom. The maximum absolute atomic E-state index is 10.2. The number of carboxylic acid groups (broad SMARTS) is 1. The van der Waals surface area contributed by atoms with Gasteiger partial charge in [0.1, 0.15) is 12.2 Å². The first-order valence-electron chi connectivity index (χ1n) is 4.20. The quantitative estimate of drug-likeness (QED) is 0.403. The van der Waals surface area contributed by atoms with Crippen LogP contribution in [0.15, 0.2) is 0 Å². The summed E-state index contributed by atoms with van der Waals surface area (Å²) in [5.74, 6) is -1.74. The molecule has 1 unspecified atom stereocenters. The van der Waals surface area contributed by atoms with Crippen LogP contribution >= 0.6 is 0 Å². The molecule has 0 radical (unpaired) electrons. The van der Waals surface area contributed by atoms with Gasteiger partial charge in [0.25, 0.3) is 0 Å². The average Bonchev–Trinajstić information content (AvgIpc) is 2.19. The van der Waals surface area contributed by atoms with Gasteiger partial charge in [0.05, 0.1) is 13.2 Å². The zero-order valence-corrected chi connectivity index (χ0v) is 8.01. The van der Waals surface area contributed by atoms with E-state index < -0.39 is 37.3 Å². The zero-order chi connectivity index (χ0) is 11.2. The highest BCUT2D eigenvalue weighted by molar-refractivity contribution is 5.68. The van der Waals surface area contributed by atoms with E-state index in [2.05, 4.69) is 0 Å². The van der Waals surface area contributed by atoms with Crippen molar-refractivity contribution in [3.8, 4) is 0 Å². The van der Waals surface area contributed by atoms with E-state index in [1.54, 1.807) is 6.92 Å². The molecular weight excluding hydrogens is 192 g/mol. The molecule has 14 heavy (non-hydrogen) atoms. The number of aliphatic hydroxyl groups excluding tert-OH is 3. The Morgan fingerprint density at radius 2 is 1.86 bits per heavy atom. The molecule has 0 aliphatic carbocycles. The SMILES string of the molecule is CC(CO)C(CO)(CO)OCC(=O)O. The summed E-state index contributed by atoms with van der Waals surface area (Å²) in [5.41, 5.74) is -1.40. The third-order valence-electron chi connectivity index (χ3n) is 2.19. The van der Waals surface area contributed by atoms with Crippen molar-refractivity contribution in [2.75, 3.05) is 26.4 Å². The first-order valence-corrected chi connectivity index (χ1v) is 4.20. The van der Waals surface area contributed by atoms with E-state index in [4.69, 9.17) is 25.2 Å². The predicted octanol–water partition coefficient (Wildman–Crippen LogP) is -1.56. The summed E-state index contributed by atoms with van der Waals surface area (Å²) in [6, 6.07) is 0. The van der Waals surface area contributed by atoms with Crippen LogP contribution in [0, 0.1) is 5.92 Å². The fourth-order valence-corrected chi connectivity index (χ4v) is 0.967. The molecule has 0 bridgehead atoms. The van der Waals surface area contributed by atoms with E-state index in [1.165, 1.54) is 0 Å². The summed E-state index contributed by atoms with van der Waals surface area (Å²) in [5, 5.41) is 35.2. The van der Waals surface area contributed by atoms with Gasteiger partial charge in [-0.3, -0.25) is 0 Å². The van der Waals surface area contributed by atoms with E-state index >= 15 is 0 Å². The van der Waals surface area contributed by atoms with E-state index in [0.717, 1.165) is 0 Å². The summed E-state index contributed by atoms with van der Waals surface area (Å²) in [6.45, 7) is -0.461. The molecule has 0 rings (SSSR count). The molecule has 0 spiro atoms. The Balaban J connectivity index is 4.44. The molecule has 1 atom stereocenters. The van der Waals surface area contributed by atoms with E-state index in [0.29, 0.717) is 0 Å². The number of carboxylic acids is 1. The second-order valence-electron chi connectivity index (χ2n) is 3.15. The van der Waals surface area contributed by atoms with Gasteiger partial charge in [0.15, 0.2) is 0 Å². The molecule has 6 heteroatoms. The molecule has 0 fully saturated rings. The number of aliphatic hydroxyl groups is 3. The Morgan fingerprint density at radius 1 is 1.36 bits per heavy atom. The number of hydrogen-bond donors (Lipinski definition) is 4. The predicted molar refractivity (Wildman–Crippen MR) is 46.7 cm³/mol. The maximum atomic E-state index is 10.2. The molecule has 0 amide bonds. The highest BCUT2D eigenvalue weighted by Crippen LogP contribution is 2.20. The van der Waals surface area contributed by atoms with Crippen LogP contribution in [0.1, 0.15) is 6.92 Å². The Kier molecular flexibility index (Phi) is 5.63. The van der Waals surface area contributed by atoms with Gasteiger partial charge in [-0.2, -0.15) is 0 Å². The van der Waals surface area contributed by atoms with Crippen LogP contribution < -0.4 is 0 Å². The molecular formula is C8H16O6. The molecule has 4 N–H and O–H groups in total. The van der Waals surface area contributed by atoms with Crippen molar-refractivity contribution in [3.63, 3.8) is 0 Å². The van der Waals surface area contributed by atoms with Crippen molar-refractivity contribution in [1.29, 1.82) is 0 Å². The van der Waals surface area contributed by atoms with Crippen molar-refractivity contribution in [2.45, 2.75) is 12.5 Å². The van der Waals surface area contributed by atoms with Crippen LogP contribution in [0.2, 0.25) is 0 Å². The lowest BCUT2D eigenvalue weighted by Gasteiger charge is -2.34. The molecule has 0 aromatic rings. The first-order chi connectivity index (χ1) is 6.52. The second-order valence-corrected chi connectivity index (χ2v) is 3.15. The number of ether oxygens (including phenoxy) is 1. The van der Waals surface area contributed by atoms with Gasteiger partial charge in [-0.05, 0) is 0 Å². The molecule has 84 valence electrons. The lowest BCUT2D eigenvalue weighted by atomic mass is 9.91. The number of rotatable bonds is 7. The maximum Gasteiger partial charge on any atom is 0.329 e. The smallest absolute Gasteiger partial charge is 0.329 e. The second kappa shape index (κ2) is 5.92. The fraction of sp³-hybridized carbons (Fsp3) is 0.875. The third kappa shape index (κ3) is 3.22. The minimum atomic E-state index is -1.40. The van der Waals surface area contributed by atoms with Crippen molar-refractivity contribution >= 4 is 5.97 Å². The van der Waals surface area contributed by atoms with Gasteiger partial charge in [0.2, 0.25) is 0 Å². The zero-order valence-electron chi connectivity index (χ0n) is 8.01. The molecule has 0 aliphatic rings. The number of hydrogen-bond acceptors (Lipinski definition) is 5.